The standard InChI is InChI=1S/C16H25NO/c1-6-16(5)10-14(17-7-2)13-9-11(3)8-12(4)15(13)18-16/h8-9,14,17H,6-7,10H2,1-5H3. The zero-order valence-corrected chi connectivity index (χ0v) is 12.3. The minimum atomic E-state index is -0.0418. The Morgan fingerprint density at radius 3 is 2.67 bits per heavy atom. The molecule has 0 saturated heterocycles. The maximum absolute atomic E-state index is 6.29. The average Bonchev–Trinajstić information content (AvgIpc) is 2.31. The molecule has 1 N–H and O–H groups in total. The third-order valence-electron chi connectivity index (χ3n) is 4.01. The quantitative estimate of drug-likeness (QED) is 0.874. The Bertz CT molecular complexity index is 441. The molecular weight excluding hydrogens is 222 g/mol. The third-order valence-corrected chi connectivity index (χ3v) is 4.01. The van der Waals surface area contributed by atoms with E-state index in [4.69, 9.17) is 4.74 Å². The Labute approximate surface area is 111 Å². The molecule has 2 atom stereocenters. The summed E-state index contributed by atoms with van der Waals surface area (Å²) in [6.45, 7) is 11.9. The number of nitrogens with one attached hydrogen (secondary N) is 1. The highest BCUT2D eigenvalue weighted by Gasteiger charge is 2.36. The van der Waals surface area contributed by atoms with Crippen LogP contribution < -0.4 is 10.1 Å². The van der Waals surface area contributed by atoms with Gasteiger partial charge in [-0.15, -0.1) is 0 Å². The first-order chi connectivity index (χ1) is 8.49. The van der Waals surface area contributed by atoms with Crippen molar-refractivity contribution >= 4 is 0 Å². The minimum Gasteiger partial charge on any atom is -0.487 e. The summed E-state index contributed by atoms with van der Waals surface area (Å²) in [4.78, 5) is 0. The minimum absolute atomic E-state index is 0.0418. The van der Waals surface area contributed by atoms with Crippen LogP contribution in [-0.4, -0.2) is 12.1 Å². The predicted molar refractivity (Wildman–Crippen MR) is 76.3 cm³/mol. The molecule has 0 fully saturated rings. The molecule has 0 radical (unpaired) electrons. The van der Waals surface area contributed by atoms with Gasteiger partial charge in [0, 0.05) is 18.0 Å². The molecule has 0 spiro atoms. The van der Waals surface area contributed by atoms with E-state index < -0.39 is 0 Å². The van der Waals surface area contributed by atoms with Gasteiger partial charge in [0.25, 0.3) is 0 Å². The zero-order chi connectivity index (χ0) is 13.3. The van der Waals surface area contributed by atoms with Crippen LogP contribution in [-0.2, 0) is 0 Å². The molecule has 0 aromatic heterocycles. The van der Waals surface area contributed by atoms with Gasteiger partial charge in [0.1, 0.15) is 11.4 Å². The number of benzene rings is 1. The Kier molecular flexibility index (Phi) is 3.67. The van der Waals surface area contributed by atoms with Crippen LogP contribution in [0, 0.1) is 13.8 Å². The first-order valence-corrected chi connectivity index (χ1v) is 7.02. The number of rotatable bonds is 3. The van der Waals surface area contributed by atoms with Gasteiger partial charge in [0.2, 0.25) is 0 Å². The lowest BCUT2D eigenvalue weighted by molar-refractivity contribution is 0.0437. The van der Waals surface area contributed by atoms with Crippen molar-refractivity contribution in [1.82, 2.24) is 5.32 Å². The van der Waals surface area contributed by atoms with Gasteiger partial charge < -0.3 is 10.1 Å². The molecule has 2 heteroatoms. The molecule has 2 nitrogen and oxygen atoms in total. The van der Waals surface area contributed by atoms with Crippen LogP contribution in [0.1, 0.15) is 56.3 Å². The normalized spacial score (nSPS) is 26.6. The van der Waals surface area contributed by atoms with Crippen LogP contribution >= 0.6 is 0 Å². The second kappa shape index (κ2) is 4.93. The van der Waals surface area contributed by atoms with Gasteiger partial charge in [0.15, 0.2) is 0 Å². The van der Waals surface area contributed by atoms with Crippen molar-refractivity contribution in [3.8, 4) is 5.75 Å². The summed E-state index contributed by atoms with van der Waals surface area (Å²) in [5, 5.41) is 3.60. The summed E-state index contributed by atoms with van der Waals surface area (Å²) < 4.78 is 6.29. The van der Waals surface area contributed by atoms with Crippen LogP contribution in [0.3, 0.4) is 0 Å². The number of ether oxygens (including phenoxy) is 1. The molecule has 1 aromatic rings. The van der Waals surface area contributed by atoms with E-state index in [2.05, 4.69) is 52.1 Å². The molecule has 100 valence electrons. The summed E-state index contributed by atoms with van der Waals surface area (Å²) in [7, 11) is 0. The Morgan fingerprint density at radius 1 is 1.33 bits per heavy atom. The van der Waals surface area contributed by atoms with E-state index >= 15 is 0 Å². The number of fused-ring (bicyclic) bond motifs is 1. The first-order valence-electron chi connectivity index (χ1n) is 7.02. The molecule has 0 aliphatic carbocycles. The van der Waals surface area contributed by atoms with E-state index in [-0.39, 0.29) is 5.60 Å². The van der Waals surface area contributed by atoms with Crippen molar-refractivity contribution in [3.63, 3.8) is 0 Å². The Balaban J connectivity index is 2.47. The lowest BCUT2D eigenvalue weighted by Gasteiger charge is -2.40. The van der Waals surface area contributed by atoms with Crippen molar-refractivity contribution in [3.05, 3.63) is 28.8 Å². The molecule has 0 saturated carbocycles. The molecule has 1 aliphatic heterocycles. The lowest BCUT2D eigenvalue weighted by atomic mass is 9.85. The lowest BCUT2D eigenvalue weighted by Crippen LogP contribution is -2.41. The fourth-order valence-corrected chi connectivity index (χ4v) is 2.86. The first kappa shape index (κ1) is 13.4. The largest absolute Gasteiger partial charge is 0.487 e. The molecular formula is C16H25NO. The van der Waals surface area contributed by atoms with E-state index in [1.165, 1.54) is 16.7 Å². The average molecular weight is 247 g/mol. The summed E-state index contributed by atoms with van der Waals surface area (Å²) in [6, 6.07) is 4.90. The molecule has 1 aromatic carbocycles. The van der Waals surface area contributed by atoms with E-state index in [0.29, 0.717) is 6.04 Å². The van der Waals surface area contributed by atoms with Gasteiger partial charge in [-0.25, -0.2) is 0 Å². The van der Waals surface area contributed by atoms with Gasteiger partial charge in [-0.1, -0.05) is 31.5 Å². The van der Waals surface area contributed by atoms with Gasteiger partial charge in [-0.3, -0.25) is 0 Å². The van der Waals surface area contributed by atoms with Gasteiger partial charge in [0.05, 0.1) is 0 Å². The van der Waals surface area contributed by atoms with Crippen LogP contribution in [0.25, 0.3) is 0 Å². The molecule has 1 heterocycles. The molecule has 1 aliphatic rings. The second-order valence-corrected chi connectivity index (χ2v) is 5.72. The van der Waals surface area contributed by atoms with E-state index in [1.807, 2.05) is 0 Å². The van der Waals surface area contributed by atoms with Crippen molar-refractivity contribution in [1.29, 1.82) is 0 Å². The molecule has 2 rings (SSSR count). The summed E-state index contributed by atoms with van der Waals surface area (Å²) in [5.74, 6) is 1.10. The number of hydrogen-bond acceptors (Lipinski definition) is 2. The zero-order valence-electron chi connectivity index (χ0n) is 12.3. The number of hydrogen-bond donors (Lipinski definition) is 1. The Morgan fingerprint density at radius 2 is 2.06 bits per heavy atom. The highest BCUT2D eigenvalue weighted by molar-refractivity contribution is 5.47. The molecule has 18 heavy (non-hydrogen) atoms. The summed E-state index contributed by atoms with van der Waals surface area (Å²) in [5.41, 5.74) is 3.87. The van der Waals surface area contributed by atoms with Crippen LogP contribution in [0.15, 0.2) is 12.1 Å². The van der Waals surface area contributed by atoms with E-state index in [0.717, 1.165) is 25.1 Å². The van der Waals surface area contributed by atoms with Crippen molar-refractivity contribution in [2.45, 2.75) is 59.1 Å². The van der Waals surface area contributed by atoms with Crippen molar-refractivity contribution in [2.24, 2.45) is 0 Å². The number of aryl methyl sites for hydroxylation is 2. The second-order valence-electron chi connectivity index (χ2n) is 5.72. The maximum atomic E-state index is 6.29. The summed E-state index contributed by atoms with van der Waals surface area (Å²) >= 11 is 0. The SMILES string of the molecule is CCNC1CC(C)(CC)Oc2c(C)cc(C)cc21. The highest BCUT2D eigenvalue weighted by Crippen LogP contribution is 2.43. The monoisotopic (exact) mass is 247 g/mol. The van der Waals surface area contributed by atoms with Crippen molar-refractivity contribution < 1.29 is 4.74 Å². The highest BCUT2D eigenvalue weighted by atomic mass is 16.5. The van der Waals surface area contributed by atoms with Crippen LogP contribution in [0.5, 0.6) is 5.75 Å². The van der Waals surface area contributed by atoms with Crippen molar-refractivity contribution in [2.75, 3.05) is 6.54 Å². The summed E-state index contributed by atoms with van der Waals surface area (Å²) in [6.07, 6.45) is 2.09. The third kappa shape index (κ3) is 2.39. The van der Waals surface area contributed by atoms with Crippen LogP contribution in [0.2, 0.25) is 0 Å². The fraction of sp³-hybridized carbons (Fsp3) is 0.625. The topological polar surface area (TPSA) is 21.3 Å². The predicted octanol–water partition coefficient (Wildman–Crippen LogP) is 3.91. The van der Waals surface area contributed by atoms with Gasteiger partial charge in [-0.2, -0.15) is 0 Å². The molecule has 2 unspecified atom stereocenters. The van der Waals surface area contributed by atoms with Gasteiger partial charge >= 0.3 is 0 Å². The molecule has 0 amide bonds. The fourth-order valence-electron chi connectivity index (χ4n) is 2.86. The smallest absolute Gasteiger partial charge is 0.127 e. The molecule has 0 bridgehead atoms. The van der Waals surface area contributed by atoms with Crippen LogP contribution in [0.4, 0.5) is 0 Å². The van der Waals surface area contributed by atoms with E-state index in [1.54, 1.807) is 0 Å². The van der Waals surface area contributed by atoms with Gasteiger partial charge in [-0.05, 0) is 39.3 Å². The van der Waals surface area contributed by atoms with E-state index in [9.17, 15) is 0 Å². The Hall–Kier alpha value is -1.02. The maximum Gasteiger partial charge on any atom is 0.127 e.